The molecule has 0 saturated heterocycles. The zero-order valence-corrected chi connectivity index (χ0v) is 10.1. The molecule has 0 aliphatic carbocycles. The zero-order valence-electron chi connectivity index (χ0n) is 9.31. The third-order valence-electron chi connectivity index (χ3n) is 2.07. The average Bonchev–Trinajstić information content (AvgIpc) is 2.73. The normalized spacial score (nSPS) is 10.7. The lowest BCUT2D eigenvalue weighted by atomic mass is 10.3. The first-order chi connectivity index (χ1) is 8.17. The van der Waals surface area contributed by atoms with Crippen LogP contribution in [-0.4, -0.2) is 10.1 Å². The van der Waals surface area contributed by atoms with E-state index in [-0.39, 0.29) is 5.82 Å². The molecular weight excluding hydrogens is 241 g/mol. The van der Waals surface area contributed by atoms with E-state index in [1.54, 1.807) is 6.07 Å². The summed E-state index contributed by atoms with van der Waals surface area (Å²) in [5.41, 5.74) is 5.96. The van der Waals surface area contributed by atoms with E-state index in [4.69, 9.17) is 10.3 Å². The first-order valence-corrected chi connectivity index (χ1v) is 6.16. The summed E-state index contributed by atoms with van der Waals surface area (Å²) in [5.74, 6) is 1.41. The van der Waals surface area contributed by atoms with Crippen molar-refractivity contribution < 1.29 is 8.91 Å². The second-order valence-electron chi connectivity index (χ2n) is 3.47. The molecule has 0 bridgehead atoms. The third-order valence-corrected chi connectivity index (χ3v) is 3.05. The minimum atomic E-state index is -0.338. The summed E-state index contributed by atoms with van der Waals surface area (Å²) in [7, 11) is 0. The van der Waals surface area contributed by atoms with Gasteiger partial charge in [-0.05, 0) is 18.2 Å². The Morgan fingerprint density at radius 1 is 1.41 bits per heavy atom. The molecule has 0 spiro atoms. The van der Waals surface area contributed by atoms with Crippen molar-refractivity contribution in [1.82, 2.24) is 10.1 Å². The number of aryl methyl sites for hydroxylation is 1. The van der Waals surface area contributed by atoms with Crippen LogP contribution in [0.3, 0.4) is 0 Å². The van der Waals surface area contributed by atoms with Crippen LogP contribution in [0, 0.1) is 5.82 Å². The number of hydrogen-bond acceptors (Lipinski definition) is 5. The van der Waals surface area contributed by atoms with Crippen LogP contribution in [0.4, 0.5) is 10.1 Å². The molecule has 6 heteroatoms. The fourth-order valence-corrected chi connectivity index (χ4v) is 2.14. The van der Waals surface area contributed by atoms with Gasteiger partial charge >= 0.3 is 0 Å². The van der Waals surface area contributed by atoms with E-state index in [0.29, 0.717) is 29.6 Å². The van der Waals surface area contributed by atoms with Gasteiger partial charge in [-0.2, -0.15) is 4.98 Å². The zero-order chi connectivity index (χ0) is 12.3. The van der Waals surface area contributed by atoms with Crippen LogP contribution in [0.1, 0.15) is 18.6 Å². The van der Waals surface area contributed by atoms with E-state index >= 15 is 0 Å². The molecule has 1 aromatic heterocycles. The lowest BCUT2D eigenvalue weighted by molar-refractivity contribution is 0.378. The number of rotatable bonds is 4. The molecular formula is C11H12FN3OS. The SMILES string of the molecule is CCc1nc(CSc2cc(N)cc(F)c2)no1. The first-order valence-electron chi connectivity index (χ1n) is 5.17. The van der Waals surface area contributed by atoms with Crippen LogP contribution < -0.4 is 5.73 Å². The number of halogens is 1. The van der Waals surface area contributed by atoms with E-state index in [1.807, 2.05) is 6.92 Å². The predicted molar refractivity (Wildman–Crippen MR) is 64.0 cm³/mol. The number of aromatic nitrogens is 2. The van der Waals surface area contributed by atoms with Crippen molar-refractivity contribution in [2.45, 2.75) is 24.0 Å². The molecule has 0 aliphatic heterocycles. The molecule has 0 fully saturated rings. The molecule has 2 aromatic rings. The smallest absolute Gasteiger partial charge is 0.226 e. The highest BCUT2D eigenvalue weighted by molar-refractivity contribution is 7.98. The number of benzene rings is 1. The number of hydrogen-bond donors (Lipinski definition) is 1. The predicted octanol–water partition coefficient (Wildman–Crippen LogP) is 2.65. The lowest BCUT2D eigenvalue weighted by Crippen LogP contribution is -1.89. The van der Waals surface area contributed by atoms with Crippen molar-refractivity contribution in [3.8, 4) is 0 Å². The van der Waals surface area contributed by atoms with Gasteiger partial charge in [0, 0.05) is 17.0 Å². The molecule has 0 atom stereocenters. The molecule has 4 nitrogen and oxygen atoms in total. The molecule has 90 valence electrons. The van der Waals surface area contributed by atoms with E-state index in [1.165, 1.54) is 23.9 Å². The standard InChI is InChI=1S/C11H12FN3OS/c1-2-11-14-10(15-16-11)6-17-9-4-7(12)3-8(13)5-9/h3-5H,2,6,13H2,1H3. The fraction of sp³-hybridized carbons (Fsp3) is 0.273. The highest BCUT2D eigenvalue weighted by Gasteiger charge is 2.06. The maximum atomic E-state index is 13.1. The number of anilines is 1. The minimum absolute atomic E-state index is 0.338. The van der Waals surface area contributed by atoms with Crippen molar-refractivity contribution >= 4 is 17.4 Å². The van der Waals surface area contributed by atoms with Crippen LogP contribution in [0.2, 0.25) is 0 Å². The number of nitrogens with two attached hydrogens (primary N) is 1. The summed E-state index contributed by atoms with van der Waals surface area (Å²) in [6.45, 7) is 1.94. The molecule has 0 radical (unpaired) electrons. The molecule has 0 saturated carbocycles. The van der Waals surface area contributed by atoms with Gasteiger partial charge in [-0.25, -0.2) is 4.39 Å². The number of thioether (sulfide) groups is 1. The molecule has 17 heavy (non-hydrogen) atoms. The highest BCUT2D eigenvalue weighted by atomic mass is 32.2. The first kappa shape index (κ1) is 11.9. The highest BCUT2D eigenvalue weighted by Crippen LogP contribution is 2.24. The molecule has 2 rings (SSSR count). The lowest BCUT2D eigenvalue weighted by Gasteiger charge is -2.00. The summed E-state index contributed by atoms with van der Waals surface area (Å²) in [5, 5.41) is 3.82. The van der Waals surface area contributed by atoms with Crippen molar-refractivity contribution in [3.05, 3.63) is 35.7 Å². The minimum Gasteiger partial charge on any atom is -0.399 e. The Kier molecular flexibility index (Phi) is 3.63. The summed E-state index contributed by atoms with van der Waals surface area (Å²) >= 11 is 1.42. The van der Waals surface area contributed by atoms with Crippen molar-refractivity contribution in [2.75, 3.05) is 5.73 Å². The van der Waals surface area contributed by atoms with E-state index in [2.05, 4.69) is 10.1 Å². The summed E-state index contributed by atoms with van der Waals surface area (Å²) in [6, 6.07) is 4.43. The maximum Gasteiger partial charge on any atom is 0.226 e. The van der Waals surface area contributed by atoms with Gasteiger partial charge in [0.2, 0.25) is 5.89 Å². The van der Waals surface area contributed by atoms with Gasteiger partial charge in [0.25, 0.3) is 0 Å². The van der Waals surface area contributed by atoms with Gasteiger partial charge in [-0.3, -0.25) is 0 Å². The van der Waals surface area contributed by atoms with Crippen LogP contribution in [-0.2, 0) is 12.2 Å². The Hall–Kier alpha value is -1.56. The van der Waals surface area contributed by atoms with Crippen molar-refractivity contribution in [2.24, 2.45) is 0 Å². The summed E-state index contributed by atoms with van der Waals surface area (Å²) in [4.78, 5) is 4.92. The second-order valence-corrected chi connectivity index (χ2v) is 4.52. The number of nitrogens with zero attached hydrogens (tertiary/aromatic N) is 2. The van der Waals surface area contributed by atoms with Gasteiger partial charge < -0.3 is 10.3 Å². The second kappa shape index (κ2) is 5.18. The van der Waals surface area contributed by atoms with Crippen molar-refractivity contribution in [1.29, 1.82) is 0 Å². The van der Waals surface area contributed by atoms with Gasteiger partial charge in [0.15, 0.2) is 5.82 Å². The molecule has 1 heterocycles. The quantitative estimate of drug-likeness (QED) is 0.670. The maximum absolute atomic E-state index is 13.1. The Morgan fingerprint density at radius 2 is 2.24 bits per heavy atom. The monoisotopic (exact) mass is 253 g/mol. The fourth-order valence-electron chi connectivity index (χ4n) is 1.31. The summed E-state index contributed by atoms with van der Waals surface area (Å²) < 4.78 is 18.0. The van der Waals surface area contributed by atoms with E-state index < -0.39 is 0 Å². The van der Waals surface area contributed by atoms with Crippen LogP contribution in [0.25, 0.3) is 0 Å². The largest absolute Gasteiger partial charge is 0.399 e. The third kappa shape index (κ3) is 3.20. The average molecular weight is 253 g/mol. The summed E-state index contributed by atoms with van der Waals surface area (Å²) in [6.07, 6.45) is 0.713. The van der Waals surface area contributed by atoms with E-state index in [9.17, 15) is 4.39 Å². The molecule has 0 aliphatic rings. The topological polar surface area (TPSA) is 64.9 Å². The van der Waals surface area contributed by atoms with Gasteiger partial charge in [0.1, 0.15) is 5.82 Å². The Labute approximate surface area is 102 Å². The van der Waals surface area contributed by atoms with Crippen LogP contribution in [0.5, 0.6) is 0 Å². The molecule has 2 N–H and O–H groups in total. The Balaban J connectivity index is 2.01. The van der Waals surface area contributed by atoms with Crippen LogP contribution in [0.15, 0.2) is 27.6 Å². The molecule has 0 unspecified atom stereocenters. The van der Waals surface area contributed by atoms with E-state index in [0.717, 1.165) is 4.90 Å². The van der Waals surface area contributed by atoms with Crippen molar-refractivity contribution in [3.63, 3.8) is 0 Å². The van der Waals surface area contributed by atoms with Crippen LogP contribution >= 0.6 is 11.8 Å². The molecule has 0 amide bonds. The number of nitrogen functional groups attached to an aromatic ring is 1. The Morgan fingerprint density at radius 3 is 2.88 bits per heavy atom. The van der Waals surface area contributed by atoms with Gasteiger partial charge in [-0.15, -0.1) is 11.8 Å². The van der Waals surface area contributed by atoms with Gasteiger partial charge in [-0.1, -0.05) is 12.1 Å². The van der Waals surface area contributed by atoms with Gasteiger partial charge in [0.05, 0.1) is 5.75 Å². The molecule has 1 aromatic carbocycles. The Bertz CT molecular complexity index is 495.